The number of rotatable bonds is 4. The molecule has 0 aliphatic carbocycles. The summed E-state index contributed by atoms with van der Waals surface area (Å²) < 4.78 is 0. The zero-order chi connectivity index (χ0) is 17.3. The van der Waals surface area contributed by atoms with Crippen molar-refractivity contribution in [3.8, 4) is 0 Å². The standard InChI is InChI=1S/C18H21N5O/c1-5-12-14(6-2)20-18(22-16(12)24)23-17-19-11(4)13-9-7-8-10(3)15(13)21-17/h7-9H,5-6H2,1-4H3,(H2,19,20,21,22,23,24). The van der Waals surface area contributed by atoms with Crippen LogP contribution in [0.1, 0.15) is 36.4 Å². The first-order valence-corrected chi connectivity index (χ1v) is 8.16. The first kappa shape index (κ1) is 16.1. The van der Waals surface area contributed by atoms with Gasteiger partial charge < -0.3 is 0 Å². The number of nitrogens with zero attached hydrogens (tertiary/aromatic N) is 3. The van der Waals surface area contributed by atoms with Crippen LogP contribution in [0.25, 0.3) is 10.9 Å². The molecule has 0 spiro atoms. The lowest BCUT2D eigenvalue weighted by Crippen LogP contribution is -2.19. The van der Waals surface area contributed by atoms with Crippen molar-refractivity contribution >= 4 is 22.8 Å². The van der Waals surface area contributed by atoms with Gasteiger partial charge in [0.2, 0.25) is 11.9 Å². The van der Waals surface area contributed by atoms with Gasteiger partial charge >= 0.3 is 0 Å². The monoisotopic (exact) mass is 323 g/mol. The number of aryl methyl sites for hydroxylation is 3. The Labute approximate surface area is 140 Å². The topological polar surface area (TPSA) is 83.6 Å². The molecule has 24 heavy (non-hydrogen) atoms. The van der Waals surface area contributed by atoms with Gasteiger partial charge in [-0.2, -0.15) is 0 Å². The van der Waals surface area contributed by atoms with Crippen molar-refractivity contribution in [3.63, 3.8) is 0 Å². The van der Waals surface area contributed by atoms with Crippen molar-refractivity contribution in [2.45, 2.75) is 40.5 Å². The average molecular weight is 323 g/mol. The fourth-order valence-electron chi connectivity index (χ4n) is 2.87. The van der Waals surface area contributed by atoms with Gasteiger partial charge in [-0.25, -0.2) is 15.0 Å². The van der Waals surface area contributed by atoms with Crippen LogP contribution in [0.3, 0.4) is 0 Å². The lowest BCUT2D eigenvalue weighted by atomic mass is 10.1. The van der Waals surface area contributed by atoms with E-state index in [0.717, 1.165) is 33.4 Å². The summed E-state index contributed by atoms with van der Waals surface area (Å²) in [5.74, 6) is 0.810. The van der Waals surface area contributed by atoms with E-state index in [9.17, 15) is 4.79 Å². The summed E-state index contributed by atoms with van der Waals surface area (Å²) in [4.78, 5) is 28.5. The minimum atomic E-state index is -0.111. The van der Waals surface area contributed by atoms with Gasteiger partial charge in [0.25, 0.3) is 5.56 Å². The fourth-order valence-corrected chi connectivity index (χ4v) is 2.87. The Morgan fingerprint density at radius 2 is 1.88 bits per heavy atom. The molecule has 2 heterocycles. The molecule has 3 aromatic rings. The van der Waals surface area contributed by atoms with E-state index in [2.05, 4.69) is 25.3 Å². The maximum absolute atomic E-state index is 12.2. The number of nitrogens with one attached hydrogen (secondary N) is 2. The second-order valence-corrected chi connectivity index (χ2v) is 5.78. The summed E-state index contributed by atoms with van der Waals surface area (Å²) in [6.07, 6.45) is 1.37. The predicted molar refractivity (Wildman–Crippen MR) is 95.9 cm³/mol. The quantitative estimate of drug-likeness (QED) is 0.770. The highest BCUT2D eigenvalue weighted by atomic mass is 16.1. The number of aromatic nitrogens is 4. The van der Waals surface area contributed by atoms with Crippen LogP contribution in [-0.4, -0.2) is 19.9 Å². The average Bonchev–Trinajstić information content (AvgIpc) is 2.55. The van der Waals surface area contributed by atoms with E-state index in [-0.39, 0.29) is 5.56 Å². The summed E-state index contributed by atoms with van der Waals surface area (Å²) in [6, 6.07) is 6.02. The minimum Gasteiger partial charge on any atom is -0.294 e. The van der Waals surface area contributed by atoms with Crippen molar-refractivity contribution in [2.75, 3.05) is 5.32 Å². The highest BCUT2D eigenvalue weighted by Crippen LogP contribution is 2.21. The largest absolute Gasteiger partial charge is 0.294 e. The molecule has 0 amide bonds. The second-order valence-electron chi connectivity index (χ2n) is 5.78. The highest BCUT2D eigenvalue weighted by molar-refractivity contribution is 5.84. The maximum atomic E-state index is 12.2. The number of H-pyrrole nitrogens is 1. The number of benzene rings is 1. The summed E-state index contributed by atoms with van der Waals surface area (Å²) >= 11 is 0. The molecular weight excluding hydrogens is 302 g/mol. The summed E-state index contributed by atoms with van der Waals surface area (Å²) in [6.45, 7) is 7.91. The smallest absolute Gasteiger partial charge is 0.255 e. The number of hydrogen-bond donors (Lipinski definition) is 2. The Balaban J connectivity index is 2.06. The lowest BCUT2D eigenvalue weighted by Gasteiger charge is -2.10. The van der Waals surface area contributed by atoms with Crippen molar-refractivity contribution in [2.24, 2.45) is 0 Å². The molecule has 2 aromatic heterocycles. The Morgan fingerprint density at radius 1 is 1.08 bits per heavy atom. The van der Waals surface area contributed by atoms with Gasteiger partial charge in [-0.3, -0.25) is 15.1 Å². The summed E-state index contributed by atoms with van der Waals surface area (Å²) in [7, 11) is 0. The van der Waals surface area contributed by atoms with Crippen molar-refractivity contribution in [1.82, 2.24) is 19.9 Å². The summed E-state index contributed by atoms with van der Waals surface area (Å²) in [5, 5.41) is 4.07. The van der Waals surface area contributed by atoms with E-state index < -0.39 is 0 Å². The van der Waals surface area contributed by atoms with E-state index >= 15 is 0 Å². The Hall–Kier alpha value is -2.76. The fraction of sp³-hybridized carbons (Fsp3) is 0.333. The molecule has 2 N–H and O–H groups in total. The van der Waals surface area contributed by atoms with E-state index in [1.165, 1.54) is 0 Å². The first-order valence-electron chi connectivity index (χ1n) is 8.16. The minimum absolute atomic E-state index is 0.111. The number of hydrogen-bond acceptors (Lipinski definition) is 5. The van der Waals surface area contributed by atoms with E-state index in [0.29, 0.717) is 24.7 Å². The van der Waals surface area contributed by atoms with Crippen LogP contribution in [0.4, 0.5) is 11.9 Å². The van der Waals surface area contributed by atoms with E-state index in [1.54, 1.807) is 0 Å². The van der Waals surface area contributed by atoms with Gasteiger partial charge in [-0.05, 0) is 32.3 Å². The number of anilines is 2. The number of fused-ring (bicyclic) bond motifs is 1. The zero-order valence-corrected chi connectivity index (χ0v) is 14.4. The molecule has 0 radical (unpaired) electrons. The molecular formula is C18H21N5O. The van der Waals surface area contributed by atoms with Crippen LogP contribution in [-0.2, 0) is 12.8 Å². The predicted octanol–water partition coefficient (Wildman–Crippen LogP) is 3.20. The van der Waals surface area contributed by atoms with Gasteiger partial charge in [0.15, 0.2) is 0 Å². The molecule has 0 aliphatic heterocycles. The maximum Gasteiger partial charge on any atom is 0.255 e. The van der Waals surface area contributed by atoms with Gasteiger partial charge in [0.05, 0.1) is 16.9 Å². The number of aromatic amines is 1. The first-order chi connectivity index (χ1) is 11.5. The normalized spacial score (nSPS) is 11.0. The molecule has 3 rings (SSSR count). The second kappa shape index (κ2) is 6.39. The molecule has 0 bridgehead atoms. The van der Waals surface area contributed by atoms with Crippen molar-refractivity contribution < 1.29 is 0 Å². The molecule has 0 saturated carbocycles. The molecule has 0 saturated heterocycles. The van der Waals surface area contributed by atoms with Crippen LogP contribution in [0.15, 0.2) is 23.0 Å². The Bertz CT molecular complexity index is 962. The van der Waals surface area contributed by atoms with Gasteiger partial charge in [0, 0.05) is 10.9 Å². The molecule has 0 atom stereocenters. The zero-order valence-electron chi connectivity index (χ0n) is 14.4. The molecule has 0 fully saturated rings. The van der Waals surface area contributed by atoms with Crippen LogP contribution < -0.4 is 10.9 Å². The van der Waals surface area contributed by atoms with Crippen molar-refractivity contribution in [3.05, 3.63) is 51.1 Å². The molecule has 0 aliphatic rings. The van der Waals surface area contributed by atoms with Crippen LogP contribution >= 0.6 is 0 Å². The molecule has 0 unspecified atom stereocenters. The van der Waals surface area contributed by atoms with E-state index in [1.807, 2.05) is 45.9 Å². The Morgan fingerprint density at radius 3 is 2.58 bits per heavy atom. The van der Waals surface area contributed by atoms with Crippen molar-refractivity contribution in [1.29, 1.82) is 0 Å². The summed E-state index contributed by atoms with van der Waals surface area (Å²) in [5.41, 5.74) is 4.29. The van der Waals surface area contributed by atoms with E-state index in [4.69, 9.17) is 0 Å². The molecule has 1 aromatic carbocycles. The number of para-hydroxylation sites is 1. The van der Waals surface area contributed by atoms with Gasteiger partial charge in [-0.1, -0.05) is 32.0 Å². The SMILES string of the molecule is CCc1nc(Nc2nc(C)c3cccc(C)c3n2)[nH]c(=O)c1CC. The third-order valence-corrected chi connectivity index (χ3v) is 4.14. The molecule has 6 heteroatoms. The van der Waals surface area contributed by atoms with Crippen LogP contribution in [0.2, 0.25) is 0 Å². The third-order valence-electron chi connectivity index (χ3n) is 4.14. The van der Waals surface area contributed by atoms with Crippen LogP contribution in [0.5, 0.6) is 0 Å². The van der Waals surface area contributed by atoms with Gasteiger partial charge in [-0.15, -0.1) is 0 Å². The molecule has 6 nitrogen and oxygen atoms in total. The lowest BCUT2D eigenvalue weighted by molar-refractivity contribution is 0.910. The molecule has 124 valence electrons. The highest BCUT2D eigenvalue weighted by Gasteiger charge is 2.11. The Kier molecular flexibility index (Phi) is 4.29. The van der Waals surface area contributed by atoms with Gasteiger partial charge in [0.1, 0.15) is 0 Å². The van der Waals surface area contributed by atoms with Crippen LogP contribution in [0, 0.1) is 13.8 Å². The third kappa shape index (κ3) is 2.87.